The highest BCUT2D eigenvalue weighted by molar-refractivity contribution is 6.31. The van der Waals surface area contributed by atoms with Crippen LogP contribution in [0.2, 0.25) is 5.02 Å². The summed E-state index contributed by atoms with van der Waals surface area (Å²) in [4.78, 5) is 27.4. The van der Waals surface area contributed by atoms with Crippen LogP contribution in [-0.4, -0.2) is 20.4 Å². The zero-order valence-electron chi connectivity index (χ0n) is 14.4. The molecule has 4 aromatic rings. The van der Waals surface area contributed by atoms with E-state index in [0.29, 0.717) is 5.69 Å². The second kappa shape index (κ2) is 7.13. The number of nitro groups is 1. The first kappa shape index (κ1) is 17.7. The third kappa shape index (κ3) is 3.30. The van der Waals surface area contributed by atoms with E-state index in [1.807, 2.05) is 41.0 Å². The molecule has 0 bridgehead atoms. The number of hydrogen-bond acceptors (Lipinski definition) is 4. The van der Waals surface area contributed by atoms with Crippen LogP contribution < -0.4 is 5.32 Å². The van der Waals surface area contributed by atoms with E-state index in [1.54, 1.807) is 18.5 Å². The highest BCUT2D eigenvalue weighted by atomic mass is 35.5. The third-order valence-corrected chi connectivity index (χ3v) is 4.49. The molecule has 1 heterocycles. The fourth-order valence-electron chi connectivity index (χ4n) is 2.92. The Morgan fingerprint density at radius 1 is 1.07 bits per heavy atom. The predicted octanol–water partition coefficient (Wildman–Crippen LogP) is 4.84. The molecule has 1 aromatic heterocycles. The number of hydrogen-bond donors (Lipinski definition) is 1. The van der Waals surface area contributed by atoms with Gasteiger partial charge in [-0.05, 0) is 48.5 Å². The lowest BCUT2D eigenvalue weighted by atomic mass is 10.1. The van der Waals surface area contributed by atoms with Gasteiger partial charge in [0, 0.05) is 22.5 Å². The predicted molar refractivity (Wildman–Crippen MR) is 107 cm³/mol. The van der Waals surface area contributed by atoms with Gasteiger partial charge in [0.25, 0.3) is 11.6 Å². The number of amides is 1. The standard InChI is InChI=1S/C20H13ClN4O3/c21-13-5-10-16(19(11-13)25(27)28)20(26)23-14-6-8-15(9-7-14)24-12-22-17-3-1-2-4-18(17)24/h1-12H,(H,23,26). The molecule has 0 fully saturated rings. The van der Waals surface area contributed by atoms with Crippen molar-refractivity contribution in [2.45, 2.75) is 0 Å². The zero-order chi connectivity index (χ0) is 19.7. The number of imidazole rings is 1. The van der Waals surface area contributed by atoms with Crippen LogP contribution in [0, 0.1) is 10.1 Å². The molecule has 0 aliphatic heterocycles. The zero-order valence-corrected chi connectivity index (χ0v) is 15.1. The number of nitro benzene ring substituents is 1. The van der Waals surface area contributed by atoms with Gasteiger partial charge < -0.3 is 5.32 Å². The van der Waals surface area contributed by atoms with Crippen molar-refractivity contribution in [3.63, 3.8) is 0 Å². The minimum absolute atomic E-state index is 0.0564. The number of carbonyl (C=O) groups is 1. The molecule has 0 aliphatic carbocycles. The maximum absolute atomic E-state index is 12.5. The van der Waals surface area contributed by atoms with E-state index in [1.165, 1.54) is 12.1 Å². The second-order valence-electron chi connectivity index (χ2n) is 6.02. The Kier molecular flexibility index (Phi) is 4.50. The minimum atomic E-state index is -0.631. The van der Waals surface area contributed by atoms with Crippen molar-refractivity contribution in [1.82, 2.24) is 9.55 Å². The average Bonchev–Trinajstić information content (AvgIpc) is 3.12. The van der Waals surface area contributed by atoms with Crippen molar-refractivity contribution >= 4 is 39.9 Å². The summed E-state index contributed by atoms with van der Waals surface area (Å²) in [6, 6.07) is 18.8. The fraction of sp³-hybridized carbons (Fsp3) is 0. The third-order valence-electron chi connectivity index (χ3n) is 4.26. The van der Waals surface area contributed by atoms with E-state index >= 15 is 0 Å². The monoisotopic (exact) mass is 392 g/mol. The maximum atomic E-state index is 12.5. The van der Waals surface area contributed by atoms with Crippen LogP contribution in [0.1, 0.15) is 10.4 Å². The molecule has 1 amide bonds. The molecule has 0 saturated carbocycles. The van der Waals surface area contributed by atoms with E-state index in [0.717, 1.165) is 22.8 Å². The lowest BCUT2D eigenvalue weighted by molar-refractivity contribution is -0.385. The van der Waals surface area contributed by atoms with Crippen molar-refractivity contribution < 1.29 is 9.72 Å². The van der Waals surface area contributed by atoms with Gasteiger partial charge in [-0.1, -0.05) is 23.7 Å². The summed E-state index contributed by atoms with van der Waals surface area (Å²) in [5.74, 6) is -0.579. The first-order valence-electron chi connectivity index (χ1n) is 8.31. The minimum Gasteiger partial charge on any atom is -0.322 e. The molecule has 1 N–H and O–H groups in total. The number of para-hydroxylation sites is 2. The molecule has 0 aliphatic rings. The molecular weight excluding hydrogens is 380 g/mol. The number of benzene rings is 3. The Morgan fingerprint density at radius 2 is 1.82 bits per heavy atom. The van der Waals surface area contributed by atoms with Crippen molar-refractivity contribution in [3.05, 3.63) is 93.8 Å². The van der Waals surface area contributed by atoms with Gasteiger partial charge in [0.15, 0.2) is 0 Å². The van der Waals surface area contributed by atoms with Crippen LogP contribution in [0.25, 0.3) is 16.7 Å². The van der Waals surface area contributed by atoms with E-state index in [9.17, 15) is 14.9 Å². The summed E-state index contributed by atoms with van der Waals surface area (Å²) in [5.41, 5.74) is 2.85. The Morgan fingerprint density at radius 3 is 2.57 bits per heavy atom. The molecule has 4 rings (SSSR count). The smallest absolute Gasteiger partial charge is 0.283 e. The van der Waals surface area contributed by atoms with Gasteiger partial charge in [0.2, 0.25) is 0 Å². The van der Waals surface area contributed by atoms with Gasteiger partial charge in [-0.2, -0.15) is 0 Å². The van der Waals surface area contributed by atoms with Crippen LogP contribution in [0.4, 0.5) is 11.4 Å². The first-order chi connectivity index (χ1) is 13.5. The summed E-state index contributed by atoms with van der Waals surface area (Å²) in [6.45, 7) is 0. The number of rotatable bonds is 4. The largest absolute Gasteiger partial charge is 0.322 e. The van der Waals surface area contributed by atoms with E-state index in [2.05, 4.69) is 10.3 Å². The van der Waals surface area contributed by atoms with Crippen LogP contribution >= 0.6 is 11.6 Å². The summed E-state index contributed by atoms with van der Waals surface area (Å²) in [6.07, 6.45) is 1.73. The molecule has 0 atom stereocenters. The van der Waals surface area contributed by atoms with Gasteiger partial charge in [0.05, 0.1) is 16.0 Å². The van der Waals surface area contributed by atoms with Crippen molar-refractivity contribution in [2.24, 2.45) is 0 Å². The number of nitrogens with one attached hydrogen (secondary N) is 1. The number of nitrogens with zero attached hydrogens (tertiary/aromatic N) is 3. The Bertz CT molecular complexity index is 1200. The van der Waals surface area contributed by atoms with Crippen molar-refractivity contribution in [3.8, 4) is 5.69 Å². The molecule has 8 heteroatoms. The molecule has 0 saturated heterocycles. The van der Waals surface area contributed by atoms with Gasteiger partial charge in [0.1, 0.15) is 11.9 Å². The van der Waals surface area contributed by atoms with Crippen molar-refractivity contribution in [2.75, 3.05) is 5.32 Å². The average molecular weight is 393 g/mol. The van der Waals surface area contributed by atoms with E-state index in [-0.39, 0.29) is 16.3 Å². The molecular formula is C20H13ClN4O3. The Balaban J connectivity index is 1.59. The topological polar surface area (TPSA) is 90.1 Å². The van der Waals surface area contributed by atoms with E-state index < -0.39 is 10.8 Å². The molecule has 0 spiro atoms. The summed E-state index contributed by atoms with van der Waals surface area (Å²) >= 11 is 5.79. The van der Waals surface area contributed by atoms with Gasteiger partial charge in [-0.15, -0.1) is 0 Å². The fourth-order valence-corrected chi connectivity index (χ4v) is 3.08. The quantitative estimate of drug-likeness (QED) is 0.397. The normalized spacial score (nSPS) is 10.8. The highest BCUT2D eigenvalue weighted by Gasteiger charge is 2.20. The number of fused-ring (bicyclic) bond motifs is 1. The molecule has 0 radical (unpaired) electrons. The molecule has 28 heavy (non-hydrogen) atoms. The number of halogens is 1. The van der Waals surface area contributed by atoms with Crippen molar-refractivity contribution in [1.29, 1.82) is 0 Å². The molecule has 138 valence electrons. The summed E-state index contributed by atoms with van der Waals surface area (Å²) < 4.78 is 1.94. The van der Waals surface area contributed by atoms with Crippen LogP contribution in [0.5, 0.6) is 0 Å². The van der Waals surface area contributed by atoms with Gasteiger partial charge in [-0.25, -0.2) is 4.98 Å². The van der Waals surface area contributed by atoms with Crippen LogP contribution in [-0.2, 0) is 0 Å². The number of carbonyl (C=O) groups excluding carboxylic acids is 1. The Labute approximate surface area is 164 Å². The maximum Gasteiger partial charge on any atom is 0.283 e. The Hall–Kier alpha value is -3.71. The van der Waals surface area contributed by atoms with Crippen LogP contribution in [0.15, 0.2) is 73.1 Å². The second-order valence-corrected chi connectivity index (χ2v) is 6.46. The van der Waals surface area contributed by atoms with Gasteiger partial charge in [-0.3, -0.25) is 19.5 Å². The highest BCUT2D eigenvalue weighted by Crippen LogP contribution is 2.25. The SMILES string of the molecule is O=C(Nc1ccc(-n2cnc3ccccc32)cc1)c1ccc(Cl)cc1[N+](=O)[O-]. The summed E-state index contributed by atoms with van der Waals surface area (Å²) in [7, 11) is 0. The molecule has 7 nitrogen and oxygen atoms in total. The van der Waals surface area contributed by atoms with Gasteiger partial charge >= 0.3 is 0 Å². The van der Waals surface area contributed by atoms with E-state index in [4.69, 9.17) is 11.6 Å². The summed E-state index contributed by atoms with van der Waals surface area (Å²) in [5, 5.41) is 14.0. The lowest BCUT2D eigenvalue weighted by Crippen LogP contribution is -2.14. The first-order valence-corrected chi connectivity index (χ1v) is 8.68. The molecule has 0 unspecified atom stereocenters. The number of aromatic nitrogens is 2. The number of anilines is 1. The lowest BCUT2D eigenvalue weighted by Gasteiger charge is -2.08. The van der Waals surface area contributed by atoms with Crippen LogP contribution in [0.3, 0.4) is 0 Å². The molecule has 3 aromatic carbocycles.